The number of hydrogen-bond acceptors (Lipinski definition) is 5. The molecule has 0 atom stereocenters. The molecule has 4 heterocycles. The molecule has 0 unspecified atom stereocenters. The summed E-state index contributed by atoms with van der Waals surface area (Å²) in [6.07, 6.45) is -3.01. The molecule has 0 saturated carbocycles. The summed E-state index contributed by atoms with van der Waals surface area (Å²) in [6, 6.07) is 8.17. The first-order chi connectivity index (χ1) is 17.8. The first-order valence-corrected chi connectivity index (χ1v) is 12.3. The van der Waals surface area contributed by atoms with Gasteiger partial charge in [0.2, 0.25) is 24.6 Å². The van der Waals surface area contributed by atoms with E-state index in [-0.39, 0.29) is 11.8 Å². The lowest BCUT2D eigenvalue weighted by Gasteiger charge is -2.34. The maximum atomic E-state index is 13.3. The summed E-state index contributed by atoms with van der Waals surface area (Å²) < 4.78 is 50.8. The summed E-state index contributed by atoms with van der Waals surface area (Å²) >= 11 is 11.6. The molecule has 4 aromatic rings. The van der Waals surface area contributed by atoms with Gasteiger partial charge < -0.3 is 24.7 Å². The number of nitrogens with zero attached hydrogens (tertiary/aromatic N) is 3. The summed E-state index contributed by atoms with van der Waals surface area (Å²) in [5.41, 5.74) is 0.968. The molecule has 0 spiro atoms. The van der Waals surface area contributed by atoms with Crippen molar-refractivity contribution < 1.29 is 27.6 Å². The normalized spacial score (nSPS) is 15.6. The van der Waals surface area contributed by atoms with Crippen LogP contribution in [-0.2, 0) is 12.7 Å². The number of piperazine rings is 1. The molecule has 1 fully saturated rings. The summed E-state index contributed by atoms with van der Waals surface area (Å²) in [7, 11) is 0. The van der Waals surface area contributed by atoms with Crippen molar-refractivity contribution in [2.75, 3.05) is 37.9 Å². The van der Waals surface area contributed by atoms with Crippen molar-refractivity contribution in [3.05, 3.63) is 52.8 Å². The second-order valence-electron chi connectivity index (χ2n) is 8.80. The van der Waals surface area contributed by atoms with Gasteiger partial charge >= 0.3 is 6.18 Å². The Hall–Kier alpha value is -3.51. The fourth-order valence-electron chi connectivity index (χ4n) is 4.71. The molecular formula is C24H21ClF3N6O2S+. The molecule has 2 aliphatic heterocycles. The van der Waals surface area contributed by atoms with Crippen LogP contribution in [0, 0.1) is 0 Å². The number of thiocarbonyl (C=S) groups is 1. The monoisotopic (exact) mass is 549 g/mol. The van der Waals surface area contributed by atoms with Crippen LogP contribution in [0.15, 0.2) is 36.7 Å². The average Bonchev–Trinajstić information content (AvgIpc) is 3.50. The van der Waals surface area contributed by atoms with Gasteiger partial charge in [-0.1, -0.05) is 22.7 Å². The number of aromatic nitrogens is 3. The summed E-state index contributed by atoms with van der Waals surface area (Å²) in [4.78, 5) is 14.7. The average molecular weight is 550 g/mol. The maximum Gasteiger partial charge on any atom is 0.417 e. The van der Waals surface area contributed by atoms with Gasteiger partial charge in [0.1, 0.15) is 5.39 Å². The SMILES string of the molecule is FC(F)(F)c1cc2[nH]c3nc[nH+]c(N4CCN(C(=S)NCc5ccc6c(c5)OCO6)CC4)c3c2cc1Cl. The molecule has 192 valence electrons. The third kappa shape index (κ3) is 4.44. The van der Waals surface area contributed by atoms with Crippen molar-refractivity contribution in [2.45, 2.75) is 12.7 Å². The zero-order valence-electron chi connectivity index (χ0n) is 19.3. The molecule has 13 heteroatoms. The Kier molecular flexibility index (Phi) is 5.87. The number of halogens is 4. The summed E-state index contributed by atoms with van der Waals surface area (Å²) in [5, 5.41) is 4.88. The molecular weight excluding hydrogens is 529 g/mol. The topological polar surface area (TPSA) is 79.8 Å². The number of nitrogens with one attached hydrogen (secondary N) is 3. The van der Waals surface area contributed by atoms with Gasteiger partial charge in [-0.05, 0) is 42.0 Å². The lowest BCUT2D eigenvalue weighted by Crippen LogP contribution is -2.52. The minimum Gasteiger partial charge on any atom is -0.454 e. The summed E-state index contributed by atoms with van der Waals surface area (Å²) in [5.74, 6) is 2.24. The fraction of sp³-hybridized carbons (Fsp3) is 0.292. The Labute approximate surface area is 219 Å². The Balaban J connectivity index is 1.17. The highest BCUT2D eigenvalue weighted by Crippen LogP contribution is 2.40. The molecule has 37 heavy (non-hydrogen) atoms. The van der Waals surface area contributed by atoms with E-state index in [1.807, 2.05) is 18.2 Å². The fourth-order valence-corrected chi connectivity index (χ4v) is 5.23. The first kappa shape index (κ1) is 23.9. The molecule has 2 aliphatic rings. The number of rotatable bonds is 3. The minimum absolute atomic E-state index is 0.232. The molecule has 8 nitrogen and oxygen atoms in total. The van der Waals surface area contributed by atoms with Gasteiger partial charge in [-0.3, -0.25) is 4.90 Å². The van der Waals surface area contributed by atoms with E-state index < -0.39 is 11.7 Å². The molecule has 2 aromatic heterocycles. The number of hydrogen-bond donors (Lipinski definition) is 2. The number of aromatic amines is 2. The number of ether oxygens (including phenoxy) is 2. The van der Waals surface area contributed by atoms with Crippen molar-refractivity contribution in [1.82, 2.24) is 20.2 Å². The van der Waals surface area contributed by atoms with Crippen LogP contribution in [0.2, 0.25) is 5.02 Å². The highest BCUT2D eigenvalue weighted by atomic mass is 35.5. The van der Waals surface area contributed by atoms with Crippen molar-refractivity contribution in [3.63, 3.8) is 0 Å². The van der Waals surface area contributed by atoms with Crippen LogP contribution in [0.1, 0.15) is 11.1 Å². The van der Waals surface area contributed by atoms with Gasteiger partial charge in [-0.15, -0.1) is 0 Å². The third-order valence-corrected chi connectivity index (χ3v) is 7.28. The third-order valence-electron chi connectivity index (χ3n) is 6.57. The molecule has 3 N–H and O–H groups in total. The zero-order chi connectivity index (χ0) is 25.7. The first-order valence-electron chi connectivity index (χ1n) is 11.5. The van der Waals surface area contributed by atoms with E-state index in [4.69, 9.17) is 33.3 Å². The van der Waals surface area contributed by atoms with E-state index >= 15 is 0 Å². The molecule has 0 radical (unpaired) electrons. The molecule has 0 bridgehead atoms. The molecule has 6 rings (SSSR count). The molecule has 0 aliphatic carbocycles. The van der Waals surface area contributed by atoms with Gasteiger partial charge in [0.05, 0.1) is 36.8 Å². The van der Waals surface area contributed by atoms with Crippen LogP contribution in [-0.4, -0.2) is 53.0 Å². The minimum atomic E-state index is -4.55. The Morgan fingerprint density at radius 3 is 2.70 bits per heavy atom. The van der Waals surface area contributed by atoms with E-state index in [1.54, 1.807) is 0 Å². The highest BCUT2D eigenvalue weighted by Gasteiger charge is 2.35. The Bertz CT molecular complexity index is 1520. The van der Waals surface area contributed by atoms with Crippen molar-refractivity contribution >= 4 is 56.7 Å². The van der Waals surface area contributed by atoms with Crippen molar-refractivity contribution in [1.29, 1.82) is 0 Å². The quantitative estimate of drug-likeness (QED) is 0.372. The molecule has 0 amide bonds. The smallest absolute Gasteiger partial charge is 0.417 e. The van der Waals surface area contributed by atoms with Crippen molar-refractivity contribution in [2.24, 2.45) is 0 Å². The number of benzene rings is 2. The number of anilines is 1. The van der Waals surface area contributed by atoms with E-state index in [0.29, 0.717) is 59.8 Å². The number of alkyl halides is 3. The van der Waals surface area contributed by atoms with Gasteiger partial charge in [0.15, 0.2) is 16.6 Å². The highest BCUT2D eigenvalue weighted by molar-refractivity contribution is 7.80. The van der Waals surface area contributed by atoms with Crippen LogP contribution in [0.3, 0.4) is 0 Å². The van der Waals surface area contributed by atoms with E-state index in [0.717, 1.165) is 28.9 Å². The second-order valence-corrected chi connectivity index (χ2v) is 9.59. The molecule has 2 aromatic carbocycles. The largest absolute Gasteiger partial charge is 0.454 e. The van der Waals surface area contributed by atoms with Gasteiger partial charge in [0.25, 0.3) is 0 Å². The van der Waals surface area contributed by atoms with E-state index in [1.165, 1.54) is 12.4 Å². The van der Waals surface area contributed by atoms with Crippen LogP contribution in [0.4, 0.5) is 19.0 Å². The van der Waals surface area contributed by atoms with E-state index in [9.17, 15) is 13.2 Å². The van der Waals surface area contributed by atoms with Crippen molar-refractivity contribution in [3.8, 4) is 11.5 Å². The van der Waals surface area contributed by atoms with Gasteiger partial charge in [-0.25, -0.2) is 4.98 Å². The second kappa shape index (κ2) is 9.10. The Morgan fingerprint density at radius 2 is 1.92 bits per heavy atom. The lowest BCUT2D eigenvalue weighted by molar-refractivity contribution is -0.367. The van der Waals surface area contributed by atoms with E-state index in [2.05, 4.69) is 30.1 Å². The van der Waals surface area contributed by atoms with Gasteiger partial charge in [-0.2, -0.15) is 13.2 Å². The lowest BCUT2D eigenvalue weighted by atomic mass is 10.1. The zero-order valence-corrected chi connectivity index (χ0v) is 20.9. The predicted molar refractivity (Wildman–Crippen MR) is 136 cm³/mol. The maximum absolute atomic E-state index is 13.3. The number of fused-ring (bicyclic) bond motifs is 4. The molecule has 1 saturated heterocycles. The Morgan fingerprint density at radius 1 is 1.14 bits per heavy atom. The van der Waals surface area contributed by atoms with Gasteiger partial charge in [0, 0.05) is 17.4 Å². The predicted octanol–water partition coefficient (Wildman–Crippen LogP) is 4.13. The van der Waals surface area contributed by atoms with Crippen LogP contribution in [0.25, 0.3) is 21.9 Å². The van der Waals surface area contributed by atoms with Crippen LogP contribution >= 0.6 is 23.8 Å². The standard InChI is InChI=1S/C24H20ClF3N6O2S/c25-16-8-14-17(9-15(16)24(26,27)28)32-21-20(14)22(31-11-30-21)33-3-5-34(6-4-33)23(37)29-10-13-1-2-18-19(7-13)36-12-35-18/h1-2,7-9,11H,3-6,10,12H2,(H,29,37)(H,30,31,32)/p+1. The summed E-state index contributed by atoms with van der Waals surface area (Å²) in [6.45, 7) is 3.45. The van der Waals surface area contributed by atoms with Crippen LogP contribution < -0.4 is 24.7 Å². The van der Waals surface area contributed by atoms with Crippen LogP contribution in [0.5, 0.6) is 11.5 Å². The number of H-pyrrole nitrogens is 2.